The third-order valence-electron chi connectivity index (χ3n) is 6.65. The number of carbonyl (C=O) groups is 3. The van der Waals surface area contributed by atoms with Gasteiger partial charge in [-0.1, -0.05) is 13.0 Å². The smallest absolute Gasteiger partial charge is 0.272 e. The first-order valence-corrected chi connectivity index (χ1v) is 10.9. The summed E-state index contributed by atoms with van der Waals surface area (Å²) in [6.45, 7) is 3.74. The van der Waals surface area contributed by atoms with Gasteiger partial charge in [-0.15, -0.1) is 0 Å². The van der Waals surface area contributed by atoms with Gasteiger partial charge in [0.1, 0.15) is 5.69 Å². The maximum absolute atomic E-state index is 13.0. The van der Waals surface area contributed by atoms with Crippen LogP contribution in [0.3, 0.4) is 0 Å². The Morgan fingerprint density at radius 3 is 2.83 bits per heavy atom. The number of piperidine rings is 3. The van der Waals surface area contributed by atoms with E-state index in [1.165, 1.54) is 0 Å². The molecule has 156 valence electrons. The van der Waals surface area contributed by atoms with Crippen molar-refractivity contribution in [1.82, 2.24) is 20.1 Å². The number of aromatic nitrogens is 1. The van der Waals surface area contributed by atoms with Gasteiger partial charge in [0, 0.05) is 44.7 Å². The van der Waals surface area contributed by atoms with Crippen LogP contribution >= 0.6 is 0 Å². The number of nitrogens with one attached hydrogen (secondary N) is 1. The Kier molecular flexibility index (Phi) is 5.83. The van der Waals surface area contributed by atoms with E-state index in [1.807, 2.05) is 24.0 Å². The Hall–Kier alpha value is -2.44. The van der Waals surface area contributed by atoms with E-state index in [4.69, 9.17) is 0 Å². The number of nitrogens with zero attached hydrogens (tertiary/aromatic N) is 3. The lowest BCUT2D eigenvalue weighted by molar-refractivity contribution is -0.152. The van der Waals surface area contributed by atoms with Gasteiger partial charge in [-0.05, 0) is 49.7 Å². The summed E-state index contributed by atoms with van der Waals surface area (Å²) in [5, 5.41) is 3.04. The lowest BCUT2D eigenvalue weighted by Gasteiger charge is -2.56. The van der Waals surface area contributed by atoms with Crippen LogP contribution in [0.5, 0.6) is 0 Å². The summed E-state index contributed by atoms with van der Waals surface area (Å²) in [4.78, 5) is 46.1. The van der Waals surface area contributed by atoms with Crippen molar-refractivity contribution in [2.45, 2.75) is 57.5 Å². The van der Waals surface area contributed by atoms with Crippen LogP contribution < -0.4 is 5.32 Å². The van der Waals surface area contributed by atoms with Crippen molar-refractivity contribution in [2.75, 3.05) is 19.6 Å². The maximum atomic E-state index is 13.0. The standard InChI is InChI=1S/C22H30N4O3/c1-2-6-20(27)24-12-19-16-11-15(18-8-5-9-21(28)26(18)19)13-25(14-16)22(29)17-7-3-4-10-23-17/h3-4,7,10,15-16,18-19H,2,5-6,8-9,11-14H2,1H3,(H,24,27)/t15-,16+,18+,19+/m1/s1. The van der Waals surface area contributed by atoms with Crippen LogP contribution in [0.4, 0.5) is 0 Å². The van der Waals surface area contributed by atoms with Crippen LogP contribution in [-0.2, 0) is 9.59 Å². The number of hydrogen-bond donors (Lipinski definition) is 1. The highest BCUT2D eigenvalue weighted by atomic mass is 16.2. The molecule has 3 fully saturated rings. The molecule has 29 heavy (non-hydrogen) atoms. The quantitative estimate of drug-likeness (QED) is 0.820. The zero-order valence-electron chi connectivity index (χ0n) is 17.0. The SMILES string of the molecule is CCCC(=O)NC[C@H]1[C@H]2C[C@H](CN(C(=O)c3ccccn3)C2)[C@@H]2CCCC(=O)N21. The average Bonchev–Trinajstić information content (AvgIpc) is 2.74. The molecule has 1 aromatic rings. The lowest BCUT2D eigenvalue weighted by Crippen LogP contribution is -2.67. The first-order chi connectivity index (χ1) is 14.1. The normalized spacial score (nSPS) is 28.7. The summed E-state index contributed by atoms with van der Waals surface area (Å²) in [5.74, 6) is 0.683. The van der Waals surface area contributed by atoms with Gasteiger partial charge in [-0.3, -0.25) is 19.4 Å². The molecular weight excluding hydrogens is 368 g/mol. The van der Waals surface area contributed by atoms with E-state index in [9.17, 15) is 14.4 Å². The van der Waals surface area contributed by atoms with Crippen LogP contribution in [0.15, 0.2) is 24.4 Å². The van der Waals surface area contributed by atoms with Crippen molar-refractivity contribution >= 4 is 17.7 Å². The molecule has 0 saturated carbocycles. The molecule has 2 bridgehead atoms. The first kappa shape index (κ1) is 19.9. The topological polar surface area (TPSA) is 82.6 Å². The maximum Gasteiger partial charge on any atom is 0.272 e. The van der Waals surface area contributed by atoms with Gasteiger partial charge in [0.25, 0.3) is 5.91 Å². The molecule has 7 nitrogen and oxygen atoms in total. The van der Waals surface area contributed by atoms with Crippen LogP contribution in [0.25, 0.3) is 0 Å². The summed E-state index contributed by atoms with van der Waals surface area (Å²) in [7, 11) is 0. The zero-order valence-corrected chi connectivity index (χ0v) is 17.0. The van der Waals surface area contributed by atoms with E-state index in [1.54, 1.807) is 12.3 Å². The molecule has 0 unspecified atom stereocenters. The number of carbonyl (C=O) groups excluding carboxylic acids is 3. The van der Waals surface area contributed by atoms with Crippen molar-refractivity contribution in [1.29, 1.82) is 0 Å². The molecule has 3 amide bonds. The highest BCUT2D eigenvalue weighted by Gasteiger charge is 2.50. The van der Waals surface area contributed by atoms with Gasteiger partial charge < -0.3 is 15.1 Å². The Bertz CT molecular complexity index is 769. The van der Waals surface area contributed by atoms with Crippen LogP contribution in [0.2, 0.25) is 0 Å². The minimum Gasteiger partial charge on any atom is -0.354 e. The second kappa shape index (κ2) is 8.51. The summed E-state index contributed by atoms with van der Waals surface area (Å²) in [5.41, 5.74) is 0.469. The molecule has 0 radical (unpaired) electrons. The summed E-state index contributed by atoms with van der Waals surface area (Å²) in [6, 6.07) is 5.52. The molecule has 3 aliphatic heterocycles. The van der Waals surface area contributed by atoms with Crippen LogP contribution in [0.1, 0.15) is 55.9 Å². The third kappa shape index (κ3) is 4.00. The van der Waals surface area contributed by atoms with Gasteiger partial charge in [0.2, 0.25) is 11.8 Å². The van der Waals surface area contributed by atoms with E-state index in [-0.39, 0.29) is 35.7 Å². The summed E-state index contributed by atoms with van der Waals surface area (Å²) >= 11 is 0. The first-order valence-electron chi connectivity index (χ1n) is 10.9. The second-order valence-electron chi connectivity index (χ2n) is 8.56. The fraction of sp³-hybridized carbons (Fsp3) is 0.636. The molecule has 7 heteroatoms. The molecule has 0 aliphatic carbocycles. The lowest BCUT2D eigenvalue weighted by atomic mass is 9.72. The average molecular weight is 399 g/mol. The van der Waals surface area contributed by atoms with E-state index in [2.05, 4.69) is 15.2 Å². The van der Waals surface area contributed by atoms with Crippen molar-refractivity contribution in [3.63, 3.8) is 0 Å². The molecule has 3 aliphatic rings. The molecule has 0 spiro atoms. The van der Waals surface area contributed by atoms with Crippen LogP contribution in [-0.4, -0.2) is 64.2 Å². The predicted octanol–water partition coefficient (Wildman–Crippen LogP) is 1.84. The fourth-order valence-electron chi connectivity index (χ4n) is 5.39. The van der Waals surface area contributed by atoms with Crippen molar-refractivity contribution < 1.29 is 14.4 Å². The Labute approximate surface area is 171 Å². The Morgan fingerprint density at radius 2 is 2.07 bits per heavy atom. The van der Waals surface area contributed by atoms with Gasteiger partial charge in [-0.25, -0.2) is 0 Å². The van der Waals surface area contributed by atoms with E-state index in [0.29, 0.717) is 44.1 Å². The Balaban J connectivity index is 1.55. The summed E-state index contributed by atoms with van der Waals surface area (Å²) < 4.78 is 0. The van der Waals surface area contributed by atoms with E-state index in [0.717, 1.165) is 25.7 Å². The van der Waals surface area contributed by atoms with Crippen LogP contribution in [0, 0.1) is 11.8 Å². The fourth-order valence-corrected chi connectivity index (χ4v) is 5.39. The third-order valence-corrected chi connectivity index (χ3v) is 6.65. The highest BCUT2D eigenvalue weighted by Crippen LogP contribution is 2.41. The predicted molar refractivity (Wildman–Crippen MR) is 108 cm³/mol. The summed E-state index contributed by atoms with van der Waals surface area (Å²) in [6.07, 6.45) is 6.44. The van der Waals surface area contributed by atoms with Crippen molar-refractivity contribution in [2.24, 2.45) is 11.8 Å². The molecule has 4 rings (SSSR count). The van der Waals surface area contributed by atoms with Gasteiger partial charge >= 0.3 is 0 Å². The monoisotopic (exact) mass is 398 g/mol. The Morgan fingerprint density at radius 1 is 1.24 bits per heavy atom. The largest absolute Gasteiger partial charge is 0.354 e. The van der Waals surface area contributed by atoms with Crippen molar-refractivity contribution in [3.8, 4) is 0 Å². The molecule has 0 aromatic carbocycles. The number of fused-ring (bicyclic) bond motifs is 4. The minimum atomic E-state index is -0.0378. The number of rotatable bonds is 5. The molecule has 1 N–H and O–H groups in total. The molecular formula is C22H30N4O3. The van der Waals surface area contributed by atoms with Gasteiger partial charge in [-0.2, -0.15) is 0 Å². The molecule has 3 saturated heterocycles. The minimum absolute atomic E-state index is 0.0351. The molecule has 4 atom stereocenters. The second-order valence-corrected chi connectivity index (χ2v) is 8.56. The zero-order chi connectivity index (χ0) is 20.4. The highest BCUT2D eigenvalue weighted by molar-refractivity contribution is 5.92. The molecule has 1 aromatic heterocycles. The number of amides is 3. The molecule has 4 heterocycles. The number of hydrogen-bond acceptors (Lipinski definition) is 4. The van der Waals surface area contributed by atoms with Gasteiger partial charge in [0.05, 0.1) is 6.04 Å². The van der Waals surface area contributed by atoms with Gasteiger partial charge in [0.15, 0.2) is 0 Å². The van der Waals surface area contributed by atoms with E-state index < -0.39 is 0 Å². The van der Waals surface area contributed by atoms with Crippen molar-refractivity contribution in [3.05, 3.63) is 30.1 Å². The number of likely N-dealkylation sites (tertiary alicyclic amines) is 1. The number of pyridine rings is 1. The van der Waals surface area contributed by atoms with E-state index >= 15 is 0 Å².